The molecule has 1 unspecified atom stereocenters. The standard InChI is InChI=1S/C33H37BrN6O6S/c1-31(2,3)45-28(41)21-40(30(42)46-32(4,5)6)27-17-15-25(34)29(37-27)33(35,47(43,44)24-13-10-18-36-20-24)19-23-14-16-26(39-38-23)22-11-8-7-9-12-22/h7-18,20H,19,21,35H2,1-6H3. The highest BCUT2D eigenvalue weighted by atomic mass is 79.9. The van der Waals surface area contributed by atoms with Crippen LogP contribution in [0.3, 0.4) is 0 Å². The summed E-state index contributed by atoms with van der Waals surface area (Å²) in [6, 6.07) is 18.5. The third-order valence-corrected chi connectivity index (χ3v) is 9.29. The Balaban J connectivity index is 1.85. The van der Waals surface area contributed by atoms with Crippen molar-refractivity contribution < 1.29 is 27.5 Å². The lowest BCUT2D eigenvalue weighted by molar-refractivity contribution is -0.153. The molecule has 47 heavy (non-hydrogen) atoms. The van der Waals surface area contributed by atoms with E-state index in [1.54, 1.807) is 53.7 Å². The van der Waals surface area contributed by atoms with Crippen molar-refractivity contribution in [2.75, 3.05) is 11.4 Å². The average Bonchev–Trinajstić information content (AvgIpc) is 2.99. The minimum Gasteiger partial charge on any atom is -0.459 e. The fraction of sp³-hybridized carbons (Fsp3) is 0.333. The molecule has 0 aliphatic carbocycles. The molecule has 0 bridgehead atoms. The number of esters is 1. The second-order valence-corrected chi connectivity index (χ2v) is 15.7. The van der Waals surface area contributed by atoms with Gasteiger partial charge in [-0.15, -0.1) is 0 Å². The third kappa shape index (κ3) is 8.76. The zero-order valence-corrected chi connectivity index (χ0v) is 29.4. The molecular weight excluding hydrogens is 688 g/mol. The number of anilines is 1. The van der Waals surface area contributed by atoms with E-state index in [-0.39, 0.29) is 33.0 Å². The summed E-state index contributed by atoms with van der Waals surface area (Å²) in [4.78, 5) is 33.5. The molecule has 0 fully saturated rings. The number of ether oxygens (including phenoxy) is 2. The van der Waals surface area contributed by atoms with E-state index >= 15 is 0 Å². The number of nitrogens with two attached hydrogens (primary N) is 1. The molecule has 1 atom stereocenters. The van der Waals surface area contributed by atoms with Gasteiger partial charge in [0.15, 0.2) is 4.87 Å². The minimum atomic E-state index is -4.45. The highest BCUT2D eigenvalue weighted by Gasteiger charge is 2.47. The maximum atomic E-state index is 14.4. The molecule has 14 heteroatoms. The van der Waals surface area contributed by atoms with Crippen LogP contribution in [0.5, 0.6) is 0 Å². The van der Waals surface area contributed by atoms with Gasteiger partial charge in [-0.1, -0.05) is 30.3 Å². The number of carbonyl (C=O) groups is 2. The smallest absolute Gasteiger partial charge is 0.416 e. The van der Waals surface area contributed by atoms with E-state index in [9.17, 15) is 18.0 Å². The van der Waals surface area contributed by atoms with Crippen LogP contribution in [0.4, 0.5) is 10.6 Å². The zero-order chi connectivity index (χ0) is 34.6. The predicted molar refractivity (Wildman–Crippen MR) is 180 cm³/mol. The molecule has 248 valence electrons. The number of carbonyl (C=O) groups excluding carboxylic acids is 2. The van der Waals surface area contributed by atoms with Gasteiger partial charge < -0.3 is 15.2 Å². The van der Waals surface area contributed by atoms with E-state index < -0.39 is 44.5 Å². The summed E-state index contributed by atoms with van der Waals surface area (Å²) < 4.78 is 40.0. The van der Waals surface area contributed by atoms with Gasteiger partial charge in [-0.25, -0.2) is 18.2 Å². The van der Waals surface area contributed by atoms with E-state index in [0.717, 1.165) is 10.5 Å². The predicted octanol–water partition coefficient (Wildman–Crippen LogP) is 5.61. The third-order valence-electron chi connectivity index (χ3n) is 6.49. The number of hydrogen-bond donors (Lipinski definition) is 1. The number of aromatic nitrogens is 4. The molecule has 2 N–H and O–H groups in total. The van der Waals surface area contributed by atoms with Crippen molar-refractivity contribution in [3.63, 3.8) is 0 Å². The zero-order valence-electron chi connectivity index (χ0n) is 27.0. The molecule has 0 saturated carbocycles. The molecule has 4 aromatic rings. The Kier molecular flexibility index (Phi) is 10.5. The van der Waals surface area contributed by atoms with Gasteiger partial charge in [-0.05, 0) is 93.9 Å². The van der Waals surface area contributed by atoms with Crippen LogP contribution >= 0.6 is 15.9 Å². The Hall–Kier alpha value is -4.27. The monoisotopic (exact) mass is 724 g/mol. The number of amides is 1. The lowest BCUT2D eigenvalue weighted by Crippen LogP contribution is -2.48. The van der Waals surface area contributed by atoms with Gasteiger partial charge in [0, 0.05) is 28.9 Å². The highest BCUT2D eigenvalue weighted by Crippen LogP contribution is 2.38. The van der Waals surface area contributed by atoms with Crippen molar-refractivity contribution in [1.29, 1.82) is 0 Å². The molecule has 3 aromatic heterocycles. The number of sulfone groups is 1. The maximum absolute atomic E-state index is 14.4. The minimum absolute atomic E-state index is 0.0926. The fourth-order valence-corrected chi connectivity index (χ4v) is 6.78. The number of hydrogen-bond acceptors (Lipinski definition) is 11. The van der Waals surface area contributed by atoms with Crippen molar-refractivity contribution in [3.8, 4) is 11.3 Å². The SMILES string of the molecule is CC(C)(C)OC(=O)CN(C(=O)OC(C)(C)C)c1ccc(Br)c(C(N)(Cc2ccc(-c3ccccc3)nn2)S(=O)(=O)c2cccnc2)n1. The molecule has 1 amide bonds. The van der Waals surface area contributed by atoms with Crippen LogP contribution in [0.25, 0.3) is 11.3 Å². The topological polar surface area (TPSA) is 168 Å². The molecular formula is C33H37BrN6O6S. The first kappa shape index (κ1) is 35.6. The van der Waals surface area contributed by atoms with Gasteiger partial charge in [0.25, 0.3) is 0 Å². The Bertz CT molecular complexity index is 1830. The summed E-state index contributed by atoms with van der Waals surface area (Å²) >= 11 is 3.43. The van der Waals surface area contributed by atoms with Gasteiger partial charge in [0.2, 0.25) is 9.84 Å². The Morgan fingerprint density at radius 3 is 2.13 bits per heavy atom. The number of halogens is 1. The molecule has 12 nitrogen and oxygen atoms in total. The molecule has 3 heterocycles. The van der Waals surface area contributed by atoms with Crippen LogP contribution in [-0.4, -0.2) is 58.4 Å². The van der Waals surface area contributed by atoms with Crippen molar-refractivity contribution >= 4 is 43.6 Å². The van der Waals surface area contributed by atoms with Crippen LogP contribution in [0.1, 0.15) is 52.9 Å². The van der Waals surface area contributed by atoms with Gasteiger partial charge in [0.05, 0.1) is 22.0 Å². The maximum Gasteiger partial charge on any atom is 0.416 e. The van der Waals surface area contributed by atoms with E-state index in [0.29, 0.717) is 5.69 Å². The van der Waals surface area contributed by atoms with Crippen LogP contribution < -0.4 is 10.6 Å². The highest BCUT2D eigenvalue weighted by molar-refractivity contribution is 9.10. The van der Waals surface area contributed by atoms with E-state index in [1.165, 1.54) is 36.7 Å². The molecule has 4 rings (SSSR count). The normalized spacial score (nSPS) is 13.4. The van der Waals surface area contributed by atoms with Crippen molar-refractivity contribution in [2.24, 2.45) is 5.73 Å². The summed E-state index contributed by atoms with van der Waals surface area (Å²) in [7, 11) is -4.45. The van der Waals surface area contributed by atoms with Crippen molar-refractivity contribution in [1.82, 2.24) is 20.2 Å². The van der Waals surface area contributed by atoms with Crippen LogP contribution in [0.15, 0.2) is 88.5 Å². The lowest BCUT2D eigenvalue weighted by atomic mass is 10.1. The summed E-state index contributed by atoms with van der Waals surface area (Å²) in [5, 5.41) is 8.61. The van der Waals surface area contributed by atoms with Crippen LogP contribution in [-0.2, 0) is 35.4 Å². The van der Waals surface area contributed by atoms with E-state index in [4.69, 9.17) is 15.2 Å². The summed E-state index contributed by atoms with van der Waals surface area (Å²) in [5.41, 5.74) is 6.71. The molecule has 0 saturated heterocycles. The molecule has 0 spiro atoms. The van der Waals surface area contributed by atoms with Gasteiger partial charge in [0.1, 0.15) is 23.6 Å². The fourth-order valence-electron chi connectivity index (χ4n) is 4.45. The first-order valence-electron chi connectivity index (χ1n) is 14.6. The van der Waals surface area contributed by atoms with Crippen molar-refractivity contribution in [2.45, 2.75) is 68.9 Å². The largest absolute Gasteiger partial charge is 0.459 e. The number of nitrogens with zero attached hydrogens (tertiary/aromatic N) is 5. The number of benzene rings is 1. The summed E-state index contributed by atoms with van der Waals surface area (Å²) in [6.45, 7) is 9.53. The average molecular weight is 726 g/mol. The van der Waals surface area contributed by atoms with Gasteiger partial charge in [-0.3, -0.25) is 14.7 Å². The van der Waals surface area contributed by atoms with Crippen molar-refractivity contribution in [3.05, 3.63) is 95.0 Å². The second kappa shape index (κ2) is 13.8. The van der Waals surface area contributed by atoms with Gasteiger partial charge in [-0.2, -0.15) is 10.2 Å². The summed E-state index contributed by atoms with van der Waals surface area (Å²) in [6.07, 6.45) is 1.37. The first-order valence-corrected chi connectivity index (χ1v) is 16.9. The lowest BCUT2D eigenvalue weighted by Gasteiger charge is -2.31. The number of rotatable bonds is 9. The van der Waals surface area contributed by atoms with E-state index in [2.05, 4.69) is 36.1 Å². The Morgan fingerprint density at radius 1 is 0.872 bits per heavy atom. The summed E-state index contributed by atoms with van der Waals surface area (Å²) in [5.74, 6) is -0.824. The number of pyridine rings is 2. The van der Waals surface area contributed by atoms with Crippen LogP contribution in [0, 0.1) is 0 Å². The van der Waals surface area contributed by atoms with Gasteiger partial charge >= 0.3 is 12.1 Å². The van der Waals surface area contributed by atoms with Crippen LogP contribution in [0.2, 0.25) is 0 Å². The molecule has 0 aliphatic heterocycles. The quantitative estimate of drug-likeness (QED) is 0.213. The molecule has 0 aliphatic rings. The second-order valence-electron chi connectivity index (χ2n) is 12.7. The Labute approximate surface area is 282 Å². The van der Waals surface area contributed by atoms with E-state index in [1.807, 2.05) is 30.3 Å². The Morgan fingerprint density at radius 2 is 1.55 bits per heavy atom. The molecule has 1 aromatic carbocycles. The first-order chi connectivity index (χ1) is 21.9. The molecule has 0 radical (unpaired) electrons.